The molecule has 1 aromatic carbocycles. The van der Waals surface area contributed by atoms with E-state index in [2.05, 4.69) is 0 Å². The van der Waals surface area contributed by atoms with Gasteiger partial charge in [0.2, 0.25) is 5.91 Å². The number of carboxylic acid groups (broad SMARTS) is 1. The summed E-state index contributed by atoms with van der Waals surface area (Å²) >= 11 is 0. The van der Waals surface area contributed by atoms with E-state index in [0.29, 0.717) is 31.7 Å². The van der Waals surface area contributed by atoms with Gasteiger partial charge < -0.3 is 19.6 Å². The zero-order valence-electron chi connectivity index (χ0n) is 13.3. The highest BCUT2D eigenvalue weighted by atomic mass is 16.5. The van der Waals surface area contributed by atoms with E-state index >= 15 is 0 Å². The molecule has 2 aliphatic heterocycles. The van der Waals surface area contributed by atoms with Crippen LogP contribution < -0.4 is 9.64 Å². The summed E-state index contributed by atoms with van der Waals surface area (Å²) in [5.74, 6) is -0.955. The molecule has 1 aromatic rings. The third-order valence-corrected chi connectivity index (χ3v) is 4.46. The van der Waals surface area contributed by atoms with Crippen molar-refractivity contribution in [2.75, 3.05) is 31.1 Å². The number of aliphatic carboxylic acids is 1. The second kappa shape index (κ2) is 6.90. The Morgan fingerprint density at radius 2 is 2.12 bits per heavy atom. The fraction of sp³-hybridized carbons (Fsp3) is 0.471. The lowest BCUT2D eigenvalue weighted by atomic mass is 10.1. The summed E-state index contributed by atoms with van der Waals surface area (Å²) in [7, 11) is 0. The average Bonchev–Trinajstić information content (AvgIpc) is 3.22. The molecule has 2 heterocycles. The Morgan fingerprint density at radius 1 is 1.29 bits per heavy atom. The van der Waals surface area contributed by atoms with Crippen LogP contribution in [-0.2, 0) is 14.4 Å². The van der Waals surface area contributed by atoms with Crippen LogP contribution in [0.25, 0.3) is 0 Å². The predicted molar refractivity (Wildman–Crippen MR) is 85.8 cm³/mol. The minimum Gasteiger partial charge on any atom is -0.484 e. The van der Waals surface area contributed by atoms with Gasteiger partial charge in [-0.05, 0) is 25.0 Å². The van der Waals surface area contributed by atoms with Crippen LogP contribution in [-0.4, -0.2) is 54.0 Å². The van der Waals surface area contributed by atoms with E-state index in [1.807, 2.05) is 6.07 Å². The van der Waals surface area contributed by atoms with Gasteiger partial charge in [0, 0.05) is 37.8 Å². The van der Waals surface area contributed by atoms with E-state index in [-0.39, 0.29) is 25.0 Å². The molecule has 0 bridgehead atoms. The first kappa shape index (κ1) is 16.3. The first-order valence-corrected chi connectivity index (χ1v) is 8.08. The van der Waals surface area contributed by atoms with Gasteiger partial charge in [0.05, 0.1) is 5.92 Å². The topological polar surface area (TPSA) is 87.2 Å². The molecular weight excluding hydrogens is 312 g/mol. The summed E-state index contributed by atoms with van der Waals surface area (Å²) in [5, 5.41) is 8.98. The van der Waals surface area contributed by atoms with E-state index in [4.69, 9.17) is 9.84 Å². The van der Waals surface area contributed by atoms with E-state index in [1.165, 1.54) is 4.90 Å². The molecular formula is C17H20N2O5. The van der Waals surface area contributed by atoms with Crippen molar-refractivity contribution in [3.8, 4) is 5.75 Å². The smallest absolute Gasteiger partial charge is 0.308 e. The molecule has 2 fully saturated rings. The number of hydrogen-bond donors (Lipinski definition) is 1. The van der Waals surface area contributed by atoms with Crippen LogP contribution >= 0.6 is 0 Å². The molecule has 1 N–H and O–H groups in total. The second-order valence-electron chi connectivity index (χ2n) is 6.10. The molecule has 0 spiro atoms. The van der Waals surface area contributed by atoms with Crippen molar-refractivity contribution >= 4 is 23.5 Å². The number of carboxylic acids is 1. The van der Waals surface area contributed by atoms with Gasteiger partial charge in [0.1, 0.15) is 5.75 Å². The van der Waals surface area contributed by atoms with Crippen LogP contribution in [0.2, 0.25) is 0 Å². The van der Waals surface area contributed by atoms with Crippen LogP contribution in [0.15, 0.2) is 24.3 Å². The maximum Gasteiger partial charge on any atom is 0.308 e. The highest BCUT2D eigenvalue weighted by Gasteiger charge is 2.31. The van der Waals surface area contributed by atoms with E-state index in [9.17, 15) is 14.4 Å². The number of nitrogens with zero attached hydrogens (tertiary/aromatic N) is 2. The molecule has 2 aliphatic rings. The Balaban J connectivity index is 1.56. The number of carbonyl (C=O) groups is 3. The summed E-state index contributed by atoms with van der Waals surface area (Å²) < 4.78 is 5.53. The third kappa shape index (κ3) is 3.50. The molecule has 128 valence electrons. The van der Waals surface area contributed by atoms with Crippen LogP contribution in [0.3, 0.4) is 0 Å². The maximum absolute atomic E-state index is 12.1. The SMILES string of the molecule is O=C(O)C1CCN(C(=O)COc2cccc(N3CCCC3=O)c2)C1. The Bertz CT molecular complexity index is 660. The van der Waals surface area contributed by atoms with Gasteiger partial charge in [-0.15, -0.1) is 0 Å². The predicted octanol–water partition coefficient (Wildman–Crippen LogP) is 1.13. The van der Waals surface area contributed by atoms with Crippen LogP contribution in [0.1, 0.15) is 19.3 Å². The summed E-state index contributed by atoms with van der Waals surface area (Å²) in [5.41, 5.74) is 0.773. The van der Waals surface area contributed by atoms with Crippen LogP contribution in [0, 0.1) is 5.92 Å². The molecule has 1 atom stereocenters. The maximum atomic E-state index is 12.1. The fourth-order valence-electron chi connectivity index (χ4n) is 3.09. The standard InChI is InChI=1S/C17H20N2O5/c20-15-5-2-7-19(15)13-3-1-4-14(9-13)24-11-16(21)18-8-6-12(10-18)17(22)23/h1,3-4,9,12H,2,5-8,10-11H2,(H,22,23). The molecule has 2 saturated heterocycles. The Morgan fingerprint density at radius 3 is 2.79 bits per heavy atom. The number of hydrogen-bond acceptors (Lipinski definition) is 4. The zero-order valence-corrected chi connectivity index (χ0v) is 13.3. The normalized spacial score (nSPS) is 20.5. The molecule has 0 aliphatic carbocycles. The third-order valence-electron chi connectivity index (χ3n) is 4.46. The quantitative estimate of drug-likeness (QED) is 0.873. The van der Waals surface area contributed by atoms with Crippen molar-refractivity contribution in [3.05, 3.63) is 24.3 Å². The van der Waals surface area contributed by atoms with Crippen LogP contribution in [0.4, 0.5) is 5.69 Å². The first-order valence-electron chi connectivity index (χ1n) is 8.08. The number of anilines is 1. The lowest BCUT2D eigenvalue weighted by molar-refractivity contribution is -0.141. The molecule has 24 heavy (non-hydrogen) atoms. The van der Waals surface area contributed by atoms with Crippen molar-refractivity contribution in [2.24, 2.45) is 5.92 Å². The largest absolute Gasteiger partial charge is 0.484 e. The number of rotatable bonds is 5. The number of carbonyl (C=O) groups excluding carboxylic acids is 2. The number of amides is 2. The van der Waals surface area contributed by atoms with Gasteiger partial charge in [0.25, 0.3) is 5.91 Å². The number of benzene rings is 1. The van der Waals surface area contributed by atoms with Crippen molar-refractivity contribution in [1.82, 2.24) is 4.90 Å². The van der Waals surface area contributed by atoms with Gasteiger partial charge in [-0.2, -0.15) is 0 Å². The molecule has 0 aromatic heterocycles. The minimum atomic E-state index is -0.866. The van der Waals surface area contributed by atoms with Crippen molar-refractivity contribution in [1.29, 1.82) is 0 Å². The zero-order chi connectivity index (χ0) is 17.1. The summed E-state index contributed by atoms with van der Waals surface area (Å²) in [6.07, 6.45) is 1.89. The van der Waals surface area contributed by atoms with E-state index in [1.54, 1.807) is 23.1 Å². The van der Waals surface area contributed by atoms with E-state index in [0.717, 1.165) is 12.1 Å². The Hall–Kier alpha value is -2.57. The molecule has 7 heteroatoms. The lowest BCUT2D eigenvalue weighted by Gasteiger charge is -2.18. The minimum absolute atomic E-state index is 0.0972. The Kier molecular flexibility index (Phi) is 4.69. The molecule has 0 radical (unpaired) electrons. The highest BCUT2D eigenvalue weighted by molar-refractivity contribution is 5.95. The molecule has 0 saturated carbocycles. The fourth-order valence-corrected chi connectivity index (χ4v) is 3.09. The molecule has 3 rings (SSSR count). The summed E-state index contributed by atoms with van der Waals surface area (Å²) in [4.78, 5) is 38.1. The highest BCUT2D eigenvalue weighted by Crippen LogP contribution is 2.25. The Labute approximate surface area is 139 Å². The second-order valence-corrected chi connectivity index (χ2v) is 6.10. The van der Waals surface area contributed by atoms with Crippen molar-refractivity contribution in [3.63, 3.8) is 0 Å². The number of likely N-dealkylation sites (tertiary alicyclic amines) is 1. The van der Waals surface area contributed by atoms with Gasteiger partial charge >= 0.3 is 5.97 Å². The van der Waals surface area contributed by atoms with E-state index < -0.39 is 11.9 Å². The molecule has 2 amide bonds. The molecule has 1 unspecified atom stereocenters. The van der Waals surface area contributed by atoms with Crippen LogP contribution in [0.5, 0.6) is 5.75 Å². The lowest BCUT2D eigenvalue weighted by Crippen LogP contribution is -2.33. The first-order chi connectivity index (χ1) is 11.5. The summed E-state index contributed by atoms with van der Waals surface area (Å²) in [6.45, 7) is 1.25. The van der Waals surface area contributed by atoms with Crippen molar-refractivity contribution in [2.45, 2.75) is 19.3 Å². The van der Waals surface area contributed by atoms with Gasteiger partial charge in [-0.1, -0.05) is 6.07 Å². The number of ether oxygens (including phenoxy) is 1. The average molecular weight is 332 g/mol. The van der Waals surface area contributed by atoms with Gasteiger partial charge in [-0.3, -0.25) is 14.4 Å². The molecule has 7 nitrogen and oxygen atoms in total. The summed E-state index contributed by atoms with van der Waals surface area (Å²) in [6, 6.07) is 7.12. The van der Waals surface area contributed by atoms with Gasteiger partial charge in [0.15, 0.2) is 6.61 Å². The van der Waals surface area contributed by atoms with Crippen molar-refractivity contribution < 1.29 is 24.2 Å². The monoisotopic (exact) mass is 332 g/mol. The van der Waals surface area contributed by atoms with Gasteiger partial charge in [-0.25, -0.2) is 0 Å².